The molecule has 0 radical (unpaired) electrons. The molecular weight excluding hydrogens is 427 g/mol. The van der Waals surface area contributed by atoms with E-state index in [4.69, 9.17) is 9.73 Å². The Bertz CT molecular complexity index is 521. The molecule has 1 aliphatic heterocycles. The van der Waals surface area contributed by atoms with Crippen molar-refractivity contribution in [1.82, 2.24) is 15.5 Å². The van der Waals surface area contributed by atoms with Crippen molar-refractivity contribution in [2.75, 3.05) is 32.8 Å². The van der Waals surface area contributed by atoms with Crippen LogP contribution in [0, 0.1) is 6.92 Å². The van der Waals surface area contributed by atoms with E-state index < -0.39 is 0 Å². The van der Waals surface area contributed by atoms with Gasteiger partial charge in [0.15, 0.2) is 5.96 Å². The molecule has 1 aromatic carbocycles. The lowest BCUT2D eigenvalue weighted by molar-refractivity contribution is -0.0174. The van der Waals surface area contributed by atoms with Crippen LogP contribution in [0.1, 0.15) is 31.9 Å². The first kappa shape index (κ1) is 22.2. The number of morpholine rings is 1. The topological polar surface area (TPSA) is 48.9 Å². The number of nitrogens with one attached hydrogen (secondary N) is 2. The minimum absolute atomic E-state index is 0. The van der Waals surface area contributed by atoms with E-state index >= 15 is 0 Å². The van der Waals surface area contributed by atoms with Crippen molar-refractivity contribution in [2.45, 2.75) is 46.3 Å². The zero-order valence-corrected chi connectivity index (χ0v) is 18.2. The molecule has 0 aromatic heterocycles. The number of aryl methyl sites for hydroxylation is 1. The summed E-state index contributed by atoms with van der Waals surface area (Å²) >= 11 is 0. The number of rotatable bonds is 6. The largest absolute Gasteiger partial charge is 0.379 e. The highest BCUT2D eigenvalue weighted by Gasteiger charge is 2.23. The predicted molar refractivity (Wildman–Crippen MR) is 116 cm³/mol. The molecule has 25 heavy (non-hydrogen) atoms. The average molecular weight is 460 g/mol. The zero-order valence-electron chi connectivity index (χ0n) is 15.9. The normalized spacial score (nSPS) is 19.8. The number of hydrogen-bond acceptors (Lipinski definition) is 3. The molecule has 1 aliphatic rings. The lowest BCUT2D eigenvalue weighted by Crippen LogP contribution is -2.53. The Labute approximate surface area is 169 Å². The van der Waals surface area contributed by atoms with E-state index in [1.807, 2.05) is 0 Å². The highest BCUT2D eigenvalue weighted by molar-refractivity contribution is 14.0. The van der Waals surface area contributed by atoms with Crippen molar-refractivity contribution in [2.24, 2.45) is 4.99 Å². The number of halogens is 1. The Morgan fingerprint density at radius 1 is 1.32 bits per heavy atom. The quantitative estimate of drug-likeness (QED) is 0.390. The van der Waals surface area contributed by atoms with Gasteiger partial charge >= 0.3 is 0 Å². The van der Waals surface area contributed by atoms with E-state index in [-0.39, 0.29) is 24.0 Å². The summed E-state index contributed by atoms with van der Waals surface area (Å²) in [6.45, 7) is 13.8. The first-order valence-electron chi connectivity index (χ1n) is 9.01. The first-order chi connectivity index (χ1) is 11.6. The molecule has 1 saturated heterocycles. The fourth-order valence-electron chi connectivity index (χ4n) is 2.96. The van der Waals surface area contributed by atoms with Gasteiger partial charge in [0, 0.05) is 31.7 Å². The van der Waals surface area contributed by atoms with Crippen LogP contribution in [0.2, 0.25) is 0 Å². The molecule has 142 valence electrons. The van der Waals surface area contributed by atoms with Gasteiger partial charge in [-0.15, -0.1) is 24.0 Å². The summed E-state index contributed by atoms with van der Waals surface area (Å²) in [7, 11) is 0. The van der Waals surface area contributed by atoms with Crippen LogP contribution < -0.4 is 10.6 Å². The highest BCUT2D eigenvalue weighted by atomic mass is 127. The Balaban J connectivity index is 0.00000312. The third kappa shape index (κ3) is 7.50. The summed E-state index contributed by atoms with van der Waals surface area (Å²) in [5.74, 6) is 0.880. The van der Waals surface area contributed by atoms with Crippen LogP contribution in [0.15, 0.2) is 29.3 Å². The van der Waals surface area contributed by atoms with Gasteiger partial charge in [-0.1, -0.05) is 29.8 Å². The third-order valence-electron chi connectivity index (χ3n) is 4.43. The van der Waals surface area contributed by atoms with Crippen LogP contribution in [0.25, 0.3) is 0 Å². The Kier molecular flexibility index (Phi) is 10.4. The lowest BCUT2D eigenvalue weighted by Gasteiger charge is -2.38. The standard InChI is InChI=1S/C19H32N4O.HI/c1-5-20-19(22-13-18-8-6-15(2)7-9-18)21-12-16(3)23-10-11-24-14-17(23)4;/h6-9,16-17H,5,10-14H2,1-4H3,(H2,20,21,22);1H. The van der Waals surface area contributed by atoms with Gasteiger partial charge in [-0.25, -0.2) is 4.99 Å². The Hall–Kier alpha value is -0.860. The van der Waals surface area contributed by atoms with Crippen molar-refractivity contribution in [3.8, 4) is 0 Å². The Morgan fingerprint density at radius 3 is 2.68 bits per heavy atom. The number of aliphatic imine (C=N–C) groups is 1. The molecular formula is C19H33IN4O. The van der Waals surface area contributed by atoms with Crippen molar-refractivity contribution in [3.05, 3.63) is 35.4 Å². The number of hydrogen-bond donors (Lipinski definition) is 2. The molecule has 1 aromatic rings. The third-order valence-corrected chi connectivity index (χ3v) is 4.43. The summed E-state index contributed by atoms with van der Waals surface area (Å²) in [6, 6.07) is 9.47. The van der Waals surface area contributed by atoms with Crippen molar-refractivity contribution in [1.29, 1.82) is 0 Å². The van der Waals surface area contributed by atoms with Gasteiger partial charge in [-0.05, 0) is 33.3 Å². The SMILES string of the molecule is CCNC(=NCc1ccc(C)cc1)NCC(C)N1CCOCC1C.I. The molecule has 1 fully saturated rings. The maximum Gasteiger partial charge on any atom is 0.191 e. The molecule has 2 N–H and O–H groups in total. The first-order valence-corrected chi connectivity index (χ1v) is 9.01. The van der Waals surface area contributed by atoms with E-state index in [2.05, 4.69) is 67.5 Å². The number of guanidine groups is 1. The molecule has 0 amide bonds. The second-order valence-electron chi connectivity index (χ2n) is 6.57. The van der Waals surface area contributed by atoms with Crippen molar-refractivity contribution < 1.29 is 4.74 Å². The van der Waals surface area contributed by atoms with Crippen molar-refractivity contribution in [3.63, 3.8) is 0 Å². The number of nitrogens with zero attached hydrogens (tertiary/aromatic N) is 2. The van der Waals surface area contributed by atoms with Crippen LogP contribution in [0.5, 0.6) is 0 Å². The maximum atomic E-state index is 5.52. The van der Waals surface area contributed by atoms with Gasteiger partial charge in [-0.2, -0.15) is 0 Å². The van der Waals surface area contributed by atoms with Crippen molar-refractivity contribution >= 4 is 29.9 Å². The zero-order chi connectivity index (χ0) is 17.4. The highest BCUT2D eigenvalue weighted by Crippen LogP contribution is 2.10. The second kappa shape index (κ2) is 11.7. The van der Waals surface area contributed by atoms with E-state index in [9.17, 15) is 0 Å². The van der Waals surface area contributed by atoms with Gasteiger partial charge in [0.1, 0.15) is 0 Å². The molecule has 2 rings (SSSR count). The maximum absolute atomic E-state index is 5.52. The number of ether oxygens (including phenoxy) is 1. The summed E-state index contributed by atoms with van der Waals surface area (Å²) < 4.78 is 5.52. The molecule has 0 bridgehead atoms. The van der Waals surface area contributed by atoms with Crippen LogP contribution in [0.4, 0.5) is 0 Å². The lowest BCUT2D eigenvalue weighted by atomic mass is 10.1. The summed E-state index contributed by atoms with van der Waals surface area (Å²) in [4.78, 5) is 7.20. The van der Waals surface area contributed by atoms with Crippen LogP contribution in [-0.4, -0.2) is 55.8 Å². The van der Waals surface area contributed by atoms with E-state index in [1.54, 1.807) is 0 Å². The minimum atomic E-state index is 0. The minimum Gasteiger partial charge on any atom is -0.379 e. The second-order valence-corrected chi connectivity index (χ2v) is 6.57. The molecule has 5 nitrogen and oxygen atoms in total. The summed E-state index contributed by atoms with van der Waals surface area (Å²) in [5.41, 5.74) is 2.51. The van der Waals surface area contributed by atoms with Gasteiger partial charge in [0.25, 0.3) is 0 Å². The average Bonchev–Trinajstić information content (AvgIpc) is 2.59. The van der Waals surface area contributed by atoms with Crippen LogP contribution >= 0.6 is 24.0 Å². The molecule has 0 spiro atoms. The van der Waals surface area contributed by atoms with Gasteiger partial charge in [-0.3, -0.25) is 4.90 Å². The summed E-state index contributed by atoms with van der Waals surface area (Å²) in [6.07, 6.45) is 0. The fourth-order valence-corrected chi connectivity index (χ4v) is 2.96. The molecule has 6 heteroatoms. The molecule has 0 aliphatic carbocycles. The predicted octanol–water partition coefficient (Wildman–Crippen LogP) is 2.78. The molecule has 2 atom stereocenters. The summed E-state index contributed by atoms with van der Waals surface area (Å²) in [5, 5.41) is 6.81. The van der Waals surface area contributed by atoms with E-state index in [0.29, 0.717) is 18.6 Å². The monoisotopic (exact) mass is 460 g/mol. The molecule has 2 unspecified atom stereocenters. The van der Waals surface area contributed by atoms with E-state index in [1.165, 1.54) is 11.1 Å². The molecule has 1 heterocycles. The molecule has 0 saturated carbocycles. The van der Waals surface area contributed by atoms with Crippen LogP contribution in [-0.2, 0) is 11.3 Å². The smallest absolute Gasteiger partial charge is 0.191 e. The van der Waals surface area contributed by atoms with Gasteiger partial charge in [0.05, 0.1) is 19.8 Å². The fraction of sp³-hybridized carbons (Fsp3) is 0.632. The van der Waals surface area contributed by atoms with E-state index in [0.717, 1.165) is 38.8 Å². The number of benzene rings is 1. The van der Waals surface area contributed by atoms with Gasteiger partial charge < -0.3 is 15.4 Å². The van der Waals surface area contributed by atoms with Crippen LogP contribution in [0.3, 0.4) is 0 Å². The van der Waals surface area contributed by atoms with Gasteiger partial charge in [0.2, 0.25) is 0 Å². The Morgan fingerprint density at radius 2 is 2.04 bits per heavy atom.